The number of amides is 1. The van der Waals surface area contributed by atoms with Crippen molar-refractivity contribution in [2.45, 2.75) is 13.0 Å². The monoisotopic (exact) mass is 269 g/mol. The van der Waals surface area contributed by atoms with Crippen LogP contribution in [0.4, 0.5) is 0 Å². The lowest BCUT2D eigenvalue weighted by atomic mass is 10.2. The van der Waals surface area contributed by atoms with Gasteiger partial charge in [-0.2, -0.15) is 11.8 Å². The summed E-state index contributed by atoms with van der Waals surface area (Å²) < 4.78 is 0. The number of aliphatic hydroxyl groups is 1. The van der Waals surface area contributed by atoms with E-state index in [1.54, 1.807) is 23.1 Å². The van der Waals surface area contributed by atoms with Crippen LogP contribution in [0.15, 0.2) is 11.4 Å². The van der Waals surface area contributed by atoms with Crippen LogP contribution in [-0.4, -0.2) is 29.6 Å². The van der Waals surface area contributed by atoms with E-state index in [1.165, 1.54) is 0 Å². The van der Waals surface area contributed by atoms with Crippen molar-refractivity contribution in [3.8, 4) is 11.8 Å². The Hall–Kier alpha value is -0.960. The number of carbonyl (C=O) groups is 1. The predicted octanol–water partition coefficient (Wildman–Crippen LogP) is 1.46. The van der Waals surface area contributed by atoms with Crippen molar-refractivity contribution < 1.29 is 9.90 Å². The molecule has 1 aromatic heterocycles. The summed E-state index contributed by atoms with van der Waals surface area (Å²) in [5.74, 6) is 6.38. The summed E-state index contributed by atoms with van der Waals surface area (Å²) in [5.41, 5.74) is 0.884. The Kier molecular flexibility index (Phi) is 6.78. The van der Waals surface area contributed by atoms with Crippen LogP contribution < -0.4 is 5.32 Å². The number of carbonyl (C=O) groups excluding carboxylic acids is 1. The van der Waals surface area contributed by atoms with E-state index in [2.05, 4.69) is 17.2 Å². The van der Waals surface area contributed by atoms with Gasteiger partial charge in [0.15, 0.2) is 0 Å². The van der Waals surface area contributed by atoms with Crippen LogP contribution in [-0.2, 0) is 11.3 Å². The molecular weight excluding hydrogens is 254 g/mol. The Bertz CT molecular complexity index is 418. The minimum atomic E-state index is -0.143. The Labute approximate surface area is 110 Å². The number of hydrogen-bond acceptors (Lipinski definition) is 4. The van der Waals surface area contributed by atoms with Gasteiger partial charge >= 0.3 is 0 Å². The van der Waals surface area contributed by atoms with E-state index in [0.717, 1.165) is 16.2 Å². The van der Waals surface area contributed by atoms with Gasteiger partial charge in [0.2, 0.25) is 5.91 Å². The largest absolute Gasteiger partial charge is 0.384 e. The second-order valence-electron chi connectivity index (χ2n) is 3.24. The van der Waals surface area contributed by atoms with Crippen molar-refractivity contribution in [1.29, 1.82) is 0 Å². The van der Waals surface area contributed by atoms with Crippen molar-refractivity contribution in [3.05, 3.63) is 21.9 Å². The van der Waals surface area contributed by atoms with Crippen molar-refractivity contribution in [2.75, 3.05) is 18.6 Å². The number of thioether (sulfide) groups is 1. The van der Waals surface area contributed by atoms with Crippen molar-refractivity contribution >= 4 is 29.0 Å². The summed E-state index contributed by atoms with van der Waals surface area (Å²) in [6.07, 6.45) is 2.53. The number of rotatable bonds is 5. The Morgan fingerprint density at radius 1 is 1.65 bits per heavy atom. The first-order chi connectivity index (χ1) is 8.27. The molecule has 0 aromatic carbocycles. The first-order valence-electron chi connectivity index (χ1n) is 5.19. The minimum absolute atomic E-state index is 0.0637. The fourth-order valence-electron chi connectivity index (χ4n) is 1.19. The first-order valence-corrected chi connectivity index (χ1v) is 7.47. The zero-order valence-corrected chi connectivity index (χ0v) is 11.3. The van der Waals surface area contributed by atoms with E-state index in [-0.39, 0.29) is 12.5 Å². The summed E-state index contributed by atoms with van der Waals surface area (Å²) in [6, 6.07) is 1.90. The smallest absolute Gasteiger partial charge is 0.221 e. The molecule has 5 heteroatoms. The van der Waals surface area contributed by atoms with Gasteiger partial charge in [-0.1, -0.05) is 11.8 Å². The number of hydrogen-bond donors (Lipinski definition) is 2. The second-order valence-corrected chi connectivity index (χ2v) is 5.22. The summed E-state index contributed by atoms with van der Waals surface area (Å²) in [7, 11) is 0. The minimum Gasteiger partial charge on any atom is -0.384 e. The average Bonchev–Trinajstić information content (AvgIpc) is 2.78. The lowest BCUT2D eigenvalue weighted by Gasteiger charge is -2.03. The van der Waals surface area contributed by atoms with Crippen LogP contribution in [0, 0.1) is 11.8 Å². The van der Waals surface area contributed by atoms with Gasteiger partial charge in [-0.3, -0.25) is 4.79 Å². The summed E-state index contributed by atoms with van der Waals surface area (Å²) in [6.45, 7) is 0.371. The fourth-order valence-corrected chi connectivity index (χ4v) is 2.35. The zero-order chi connectivity index (χ0) is 12.5. The van der Waals surface area contributed by atoms with E-state index < -0.39 is 0 Å². The van der Waals surface area contributed by atoms with E-state index in [1.807, 2.05) is 17.7 Å². The van der Waals surface area contributed by atoms with Gasteiger partial charge < -0.3 is 10.4 Å². The summed E-state index contributed by atoms with van der Waals surface area (Å²) in [4.78, 5) is 12.5. The van der Waals surface area contributed by atoms with Crippen LogP contribution >= 0.6 is 23.1 Å². The van der Waals surface area contributed by atoms with E-state index in [9.17, 15) is 4.79 Å². The summed E-state index contributed by atoms with van der Waals surface area (Å²) in [5, 5.41) is 13.4. The molecule has 0 atom stereocenters. The molecule has 0 aliphatic carbocycles. The third-order valence-corrected chi connectivity index (χ3v) is 3.56. The van der Waals surface area contributed by atoms with Crippen LogP contribution in [0.1, 0.15) is 16.9 Å². The highest BCUT2D eigenvalue weighted by Crippen LogP contribution is 2.15. The number of thiophene rings is 1. The fraction of sp³-hybridized carbons (Fsp3) is 0.417. The highest BCUT2D eigenvalue weighted by molar-refractivity contribution is 7.98. The standard InChI is InChI=1S/C12H15NO2S2/c1-16-7-5-12(15)13-9-11-10(3-2-6-14)4-8-17-11/h4,8,14H,5-7,9H2,1H3,(H,13,15). The highest BCUT2D eigenvalue weighted by Gasteiger charge is 2.04. The van der Waals surface area contributed by atoms with Crippen molar-refractivity contribution in [1.82, 2.24) is 5.32 Å². The lowest BCUT2D eigenvalue weighted by Crippen LogP contribution is -2.22. The van der Waals surface area contributed by atoms with E-state index in [4.69, 9.17) is 5.11 Å². The van der Waals surface area contributed by atoms with Gasteiger partial charge in [0, 0.05) is 22.6 Å². The van der Waals surface area contributed by atoms with Crippen molar-refractivity contribution in [3.63, 3.8) is 0 Å². The average molecular weight is 269 g/mol. The molecule has 2 N–H and O–H groups in total. The number of aliphatic hydroxyl groups excluding tert-OH is 1. The zero-order valence-electron chi connectivity index (χ0n) is 9.66. The molecule has 0 radical (unpaired) electrons. The Morgan fingerprint density at radius 3 is 3.18 bits per heavy atom. The maximum absolute atomic E-state index is 11.4. The summed E-state index contributed by atoms with van der Waals surface area (Å²) >= 11 is 3.22. The Morgan fingerprint density at radius 2 is 2.47 bits per heavy atom. The predicted molar refractivity (Wildman–Crippen MR) is 73.1 cm³/mol. The molecule has 0 saturated heterocycles. The molecule has 92 valence electrons. The topological polar surface area (TPSA) is 49.3 Å². The molecule has 1 amide bonds. The third kappa shape index (κ3) is 5.26. The SMILES string of the molecule is CSCCC(=O)NCc1sccc1C#CCO. The van der Waals surface area contributed by atoms with Crippen molar-refractivity contribution in [2.24, 2.45) is 0 Å². The van der Waals surface area contributed by atoms with Gasteiger partial charge in [0.05, 0.1) is 6.54 Å². The third-order valence-electron chi connectivity index (χ3n) is 2.03. The molecule has 17 heavy (non-hydrogen) atoms. The van der Waals surface area contributed by atoms with E-state index in [0.29, 0.717) is 13.0 Å². The quantitative estimate of drug-likeness (QED) is 0.796. The maximum Gasteiger partial charge on any atom is 0.221 e. The molecule has 1 rings (SSSR count). The van der Waals surface area contributed by atoms with Crippen LogP contribution in [0.5, 0.6) is 0 Å². The second kappa shape index (κ2) is 8.18. The van der Waals surface area contributed by atoms with Crippen LogP contribution in [0.25, 0.3) is 0 Å². The maximum atomic E-state index is 11.4. The molecule has 3 nitrogen and oxygen atoms in total. The molecular formula is C12H15NO2S2. The van der Waals surface area contributed by atoms with E-state index >= 15 is 0 Å². The molecule has 1 aromatic rings. The molecule has 0 spiro atoms. The highest BCUT2D eigenvalue weighted by atomic mass is 32.2. The molecule has 0 unspecified atom stereocenters. The van der Waals surface area contributed by atoms with Gasteiger partial charge in [-0.15, -0.1) is 11.3 Å². The first kappa shape index (κ1) is 14.1. The lowest BCUT2D eigenvalue weighted by molar-refractivity contribution is -0.120. The molecule has 0 saturated carbocycles. The van der Waals surface area contributed by atoms with Gasteiger partial charge in [0.1, 0.15) is 6.61 Å². The van der Waals surface area contributed by atoms with Gasteiger partial charge in [-0.05, 0) is 17.7 Å². The molecule has 0 aliphatic heterocycles. The number of nitrogens with one attached hydrogen (secondary N) is 1. The van der Waals surface area contributed by atoms with Crippen LogP contribution in [0.3, 0.4) is 0 Å². The Balaban J connectivity index is 2.46. The molecule has 0 fully saturated rings. The molecule has 0 bridgehead atoms. The molecule has 0 aliphatic rings. The molecule has 1 heterocycles. The van der Waals surface area contributed by atoms with Crippen LogP contribution in [0.2, 0.25) is 0 Å². The van der Waals surface area contributed by atoms with Gasteiger partial charge in [0.25, 0.3) is 0 Å². The van der Waals surface area contributed by atoms with Gasteiger partial charge in [-0.25, -0.2) is 0 Å². The normalized spacial score (nSPS) is 9.53.